The molecule has 1 nitrogen and oxygen atoms in total. The Morgan fingerprint density at radius 3 is 2.85 bits per heavy atom. The topological polar surface area (TPSA) is 26.0 Å². The summed E-state index contributed by atoms with van der Waals surface area (Å²) < 4.78 is 0. The van der Waals surface area contributed by atoms with Crippen LogP contribution in [0.25, 0.3) is 0 Å². The third kappa shape index (κ3) is 0.976. The third-order valence-corrected chi connectivity index (χ3v) is 3.77. The molecule has 1 aromatic carbocycles. The minimum absolute atomic E-state index is 0.237. The van der Waals surface area contributed by atoms with Crippen LogP contribution in [0.3, 0.4) is 0 Å². The fourth-order valence-corrected chi connectivity index (χ4v) is 2.66. The molecule has 2 aliphatic rings. The molecule has 1 fully saturated rings. The van der Waals surface area contributed by atoms with Gasteiger partial charge in [-0.1, -0.05) is 17.7 Å². The van der Waals surface area contributed by atoms with Crippen molar-refractivity contribution in [3.05, 3.63) is 34.3 Å². The minimum atomic E-state index is 0.237. The van der Waals surface area contributed by atoms with Crippen molar-refractivity contribution < 1.29 is 0 Å². The van der Waals surface area contributed by atoms with Gasteiger partial charge >= 0.3 is 0 Å². The lowest BCUT2D eigenvalue weighted by molar-refractivity contribution is 0.446. The first-order valence-electron chi connectivity index (χ1n) is 4.75. The monoisotopic (exact) mass is 193 g/mol. The van der Waals surface area contributed by atoms with Gasteiger partial charge < -0.3 is 5.73 Å². The van der Waals surface area contributed by atoms with Crippen molar-refractivity contribution >= 4 is 11.6 Å². The van der Waals surface area contributed by atoms with Gasteiger partial charge in [-0.3, -0.25) is 0 Å². The molecule has 68 valence electrons. The molecule has 0 radical (unpaired) electrons. The van der Waals surface area contributed by atoms with Gasteiger partial charge in [0.25, 0.3) is 0 Å². The van der Waals surface area contributed by atoms with Crippen LogP contribution in [-0.2, 0) is 6.42 Å². The normalized spacial score (nSPS) is 27.7. The molecular formula is C11H12ClN. The van der Waals surface area contributed by atoms with Crippen LogP contribution >= 0.6 is 11.6 Å². The third-order valence-electron chi connectivity index (χ3n) is 3.54. The van der Waals surface area contributed by atoms with Crippen LogP contribution in [0.5, 0.6) is 0 Å². The highest BCUT2D eigenvalue weighted by molar-refractivity contribution is 6.30. The molecule has 0 heterocycles. The van der Waals surface area contributed by atoms with Crippen molar-refractivity contribution in [2.45, 2.75) is 25.3 Å². The molecule has 2 aliphatic carbocycles. The van der Waals surface area contributed by atoms with E-state index in [0.717, 1.165) is 5.02 Å². The van der Waals surface area contributed by atoms with E-state index in [4.69, 9.17) is 17.3 Å². The van der Waals surface area contributed by atoms with E-state index in [0.29, 0.717) is 5.41 Å². The zero-order valence-electron chi connectivity index (χ0n) is 7.39. The molecule has 0 saturated heterocycles. The molecular weight excluding hydrogens is 182 g/mol. The molecule has 0 bridgehead atoms. The Morgan fingerprint density at radius 1 is 1.38 bits per heavy atom. The number of hydrogen-bond acceptors (Lipinski definition) is 1. The van der Waals surface area contributed by atoms with Crippen LogP contribution in [0.15, 0.2) is 18.2 Å². The number of nitrogens with two attached hydrogens (primary N) is 1. The fraction of sp³-hybridized carbons (Fsp3) is 0.455. The molecule has 3 rings (SSSR count). The highest BCUT2D eigenvalue weighted by Gasteiger charge is 2.52. The summed E-state index contributed by atoms with van der Waals surface area (Å²) in [6.07, 6.45) is 3.75. The molecule has 2 heteroatoms. The van der Waals surface area contributed by atoms with Crippen molar-refractivity contribution in [2.24, 2.45) is 11.1 Å². The van der Waals surface area contributed by atoms with Crippen LogP contribution in [0, 0.1) is 5.41 Å². The molecule has 2 N–H and O–H groups in total. The van der Waals surface area contributed by atoms with Crippen LogP contribution in [0.4, 0.5) is 0 Å². The fourth-order valence-electron chi connectivity index (χ4n) is 2.48. The van der Waals surface area contributed by atoms with E-state index in [9.17, 15) is 0 Å². The van der Waals surface area contributed by atoms with Crippen LogP contribution in [0.2, 0.25) is 5.02 Å². The predicted octanol–water partition coefficient (Wildman–Crippen LogP) is 2.68. The number of fused-ring (bicyclic) bond motifs is 1. The second kappa shape index (κ2) is 2.28. The van der Waals surface area contributed by atoms with Crippen molar-refractivity contribution in [1.82, 2.24) is 0 Å². The SMILES string of the molecule is NC1c2cc(Cl)ccc2CC12CC2. The minimum Gasteiger partial charge on any atom is -0.323 e. The second-order valence-electron chi connectivity index (χ2n) is 4.36. The standard InChI is InChI=1S/C11H12ClN/c12-8-2-1-7-6-11(3-4-11)10(13)9(7)5-8/h1-2,5,10H,3-4,6,13H2. The summed E-state index contributed by atoms with van der Waals surface area (Å²) in [4.78, 5) is 0. The Morgan fingerprint density at radius 2 is 2.15 bits per heavy atom. The second-order valence-corrected chi connectivity index (χ2v) is 4.80. The molecule has 1 unspecified atom stereocenters. The van der Waals surface area contributed by atoms with Gasteiger partial charge in [-0.2, -0.15) is 0 Å². The van der Waals surface area contributed by atoms with Crippen LogP contribution < -0.4 is 5.73 Å². The lowest BCUT2D eigenvalue weighted by atomic mass is 9.99. The average molecular weight is 194 g/mol. The molecule has 13 heavy (non-hydrogen) atoms. The van der Waals surface area contributed by atoms with Crippen molar-refractivity contribution in [3.63, 3.8) is 0 Å². The average Bonchev–Trinajstić information content (AvgIpc) is 2.83. The Kier molecular flexibility index (Phi) is 1.38. The summed E-state index contributed by atoms with van der Waals surface area (Å²) in [5.41, 5.74) is 9.31. The summed E-state index contributed by atoms with van der Waals surface area (Å²) in [5.74, 6) is 0. The summed E-state index contributed by atoms with van der Waals surface area (Å²) in [5, 5.41) is 0.812. The molecule has 0 amide bonds. The van der Waals surface area contributed by atoms with Crippen molar-refractivity contribution in [3.8, 4) is 0 Å². The van der Waals surface area contributed by atoms with E-state index in [1.165, 1.54) is 30.4 Å². The summed E-state index contributed by atoms with van der Waals surface area (Å²) in [6.45, 7) is 0. The van der Waals surface area contributed by atoms with Gasteiger partial charge in [0.15, 0.2) is 0 Å². The molecule has 1 atom stereocenters. The molecule has 1 aromatic rings. The summed E-state index contributed by atoms with van der Waals surface area (Å²) >= 11 is 5.95. The van der Waals surface area contributed by atoms with E-state index in [1.807, 2.05) is 12.1 Å². The first-order chi connectivity index (χ1) is 6.21. The lowest BCUT2D eigenvalue weighted by Gasteiger charge is -2.12. The first kappa shape index (κ1) is 7.84. The predicted molar refractivity (Wildman–Crippen MR) is 53.8 cm³/mol. The van der Waals surface area contributed by atoms with Crippen LogP contribution in [-0.4, -0.2) is 0 Å². The molecule has 0 aromatic heterocycles. The number of rotatable bonds is 0. The maximum absolute atomic E-state index is 6.20. The summed E-state index contributed by atoms with van der Waals surface area (Å²) in [6, 6.07) is 6.37. The van der Waals surface area contributed by atoms with Gasteiger partial charge in [-0.15, -0.1) is 0 Å². The Balaban J connectivity index is 2.12. The highest BCUT2D eigenvalue weighted by Crippen LogP contribution is 2.60. The number of hydrogen-bond donors (Lipinski definition) is 1. The van der Waals surface area contributed by atoms with Crippen molar-refractivity contribution in [1.29, 1.82) is 0 Å². The van der Waals surface area contributed by atoms with Gasteiger partial charge in [0, 0.05) is 11.1 Å². The smallest absolute Gasteiger partial charge is 0.0409 e. The van der Waals surface area contributed by atoms with Gasteiger partial charge in [-0.25, -0.2) is 0 Å². The zero-order chi connectivity index (χ0) is 9.05. The van der Waals surface area contributed by atoms with Crippen molar-refractivity contribution in [2.75, 3.05) is 0 Å². The zero-order valence-corrected chi connectivity index (χ0v) is 8.14. The van der Waals surface area contributed by atoms with Gasteiger partial charge in [-0.05, 0) is 47.9 Å². The maximum atomic E-state index is 6.20. The first-order valence-corrected chi connectivity index (χ1v) is 5.13. The largest absolute Gasteiger partial charge is 0.323 e. The Hall–Kier alpha value is -0.530. The highest BCUT2D eigenvalue weighted by atomic mass is 35.5. The van der Waals surface area contributed by atoms with Gasteiger partial charge in [0.2, 0.25) is 0 Å². The maximum Gasteiger partial charge on any atom is 0.0409 e. The Bertz CT molecular complexity index is 368. The molecule has 1 saturated carbocycles. The van der Waals surface area contributed by atoms with E-state index in [1.54, 1.807) is 0 Å². The quantitative estimate of drug-likeness (QED) is 0.674. The van der Waals surface area contributed by atoms with Crippen LogP contribution in [0.1, 0.15) is 30.0 Å². The van der Waals surface area contributed by atoms with Gasteiger partial charge in [0.1, 0.15) is 0 Å². The van der Waals surface area contributed by atoms with E-state index in [2.05, 4.69) is 6.07 Å². The number of benzene rings is 1. The van der Waals surface area contributed by atoms with E-state index in [-0.39, 0.29) is 6.04 Å². The van der Waals surface area contributed by atoms with E-state index < -0.39 is 0 Å². The molecule has 0 aliphatic heterocycles. The summed E-state index contributed by atoms with van der Waals surface area (Å²) in [7, 11) is 0. The van der Waals surface area contributed by atoms with Gasteiger partial charge in [0.05, 0.1) is 0 Å². The Labute approximate surface area is 82.9 Å². The van der Waals surface area contributed by atoms with E-state index >= 15 is 0 Å². The number of halogens is 1. The molecule has 1 spiro atoms. The lowest BCUT2D eigenvalue weighted by Crippen LogP contribution is -2.17.